The molecule has 0 atom stereocenters. The zero-order chi connectivity index (χ0) is 20.7. The number of aromatic hydroxyl groups is 2. The summed E-state index contributed by atoms with van der Waals surface area (Å²) in [5.41, 5.74) is 15.8. The number of anilines is 1. The second-order valence-corrected chi connectivity index (χ2v) is 7.86. The van der Waals surface area contributed by atoms with Crippen LogP contribution in [0.1, 0.15) is 56.0 Å². The van der Waals surface area contributed by atoms with Crippen molar-refractivity contribution in [1.29, 1.82) is 0 Å². The van der Waals surface area contributed by atoms with Crippen LogP contribution >= 0.6 is 0 Å². The number of nitrogens with two attached hydrogens (primary N) is 1. The van der Waals surface area contributed by atoms with Crippen molar-refractivity contribution >= 4 is 5.69 Å². The fourth-order valence-electron chi connectivity index (χ4n) is 4.01. The molecule has 3 heteroatoms. The van der Waals surface area contributed by atoms with E-state index in [0.717, 1.165) is 55.8 Å². The molecule has 0 bridgehead atoms. The van der Waals surface area contributed by atoms with Crippen molar-refractivity contribution in [3.05, 3.63) is 86.5 Å². The van der Waals surface area contributed by atoms with Crippen LogP contribution in [-0.4, -0.2) is 10.2 Å². The molecule has 28 heavy (non-hydrogen) atoms. The molecular formula is C25H29NO2. The molecule has 146 valence electrons. The Labute approximate surface area is 167 Å². The summed E-state index contributed by atoms with van der Waals surface area (Å²) in [6.07, 6.45) is 0. The van der Waals surface area contributed by atoms with Crippen molar-refractivity contribution in [3.8, 4) is 11.5 Å². The van der Waals surface area contributed by atoms with Gasteiger partial charge in [0, 0.05) is 11.6 Å². The molecule has 3 nitrogen and oxygen atoms in total. The molecular weight excluding hydrogens is 346 g/mol. The van der Waals surface area contributed by atoms with Crippen LogP contribution in [0.2, 0.25) is 0 Å². The lowest BCUT2D eigenvalue weighted by Gasteiger charge is -2.26. The van der Waals surface area contributed by atoms with Gasteiger partial charge in [0.05, 0.1) is 0 Å². The first-order valence-electron chi connectivity index (χ1n) is 9.58. The number of hydrogen-bond donors (Lipinski definition) is 3. The third kappa shape index (κ3) is 3.22. The number of nitrogen functional groups attached to an aromatic ring is 1. The van der Waals surface area contributed by atoms with Crippen LogP contribution in [0, 0.1) is 41.5 Å². The molecule has 0 amide bonds. The van der Waals surface area contributed by atoms with Gasteiger partial charge in [0.25, 0.3) is 0 Å². The van der Waals surface area contributed by atoms with Crippen LogP contribution in [0.4, 0.5) is 5.69 Å². The lowest BCUT2D eigenvalue weighted by Crippen LogP contribution is -2.10. The minimum absolute atomic E-state index is 0.0170. The summed E-state index contributed by atoms with van der Waals surface area (Å²) >= 11 is 0. The number of phenolic OH excluding ortho intramolecular Hbond substituents is 2. The zero-order valence-electron chi connectivity index (χ0n) is 17.5. The molecule has 0 fully saturated rings. The largest absolute Gasteiger partial charge is 0.507 e. The smallest absolute Gasteiger partial charge is 0.121 e. The molecule has 0 heterocycles. The number of phenols is 2. The van der Waals surface area contributed by atoms with E-state index in [0.29, 0.717) is 11.5 Å². The Balaban J connectivity index is 2.38. The molecule has 0 aliphatic rings. The molecule has 4 N–H and O–H groups in total. The third-order valence-corrected chi connectivity index (χ3v) is 6.08. The van der Waals surface area contributed by atoms with Crippen molar-refractivity contribution in [2.24, 2.45) is 0 Å². The molecule has 0 saturated carbocycles. The molecule has 0 aliphatic carbocycles. The highest BCUT2D eigenvalue weighted by atomic mass is 16.3. The summed E-state index contributed by atoms with van der Waals surface area (Å²) in [6, 6.07) is 12.1. The average Bonchev–Trinajstić information content (AvgIpc) is 2.67. The first-order chi connectivity index (χ1) is 13.1. The van der Waals surface area contributed by atoms with Crippen LogP contribution in [0.5, 0.6) is 11.5 Å². The monoisotopic (exact) mass is 375 g/mol. The van der Waals surface area contributed by atoms with Gasteiger partial charge in [-0.25, -0.2) is 0 Å². The van der Waals surface area contributed by atoms with Crippen LogP contribution in [0.15, 0.2) is 36.4 Å². The van der Waals surface area contributed by atoms with Crippen molar-refractivity contribution in [2.45, 2.75) is 47.5 Å². The SMILES string of the molecule is Cc1cc(C(c2ccc(N)cc2)c2cc(C)c(O)c(C)c2C)c(C)c(C)c1O. The quantitative estimate of drug-likeness (QED) is 0.406. The normalized spacial score (nSPS) is 11.2. The fourth-order valence-corrected chi connectivity index (χ4v) is 4.01. The van der Waals surface area contributed by atoms with E-state index in [2.05, 4.69) is 38.1 Å². The standard InChI is InChI=1S/C25H29NO2/c1-13-11-21(15(3)17(5)24(13)27)23(19-7-9-20(26)10-8-19)22-12-14(2)25(28)18(6)16(22)4/h7-12,23,27-28H,26H2,1-6H3. The predicted octanol–water partition coefficient (Wildman–Crippen LogP) is 5.71. The number of rotatable bonds is 3. The van der Waals surface area contributed by atoms with Crippen LogP contribution in [-0.2, 0) is 0 Å². The lowest BCUT2D eigenvalue weighted by atomic mass is 9.78. The Bertz CT molecular complexity index is 986. The average molecular weight is 376 g/mol. The minimum Gasteiger partial charge on any atom is -0.507 e. The van der Waals surface area contributed by atoms with E-state index in [1.54, 1.807) is 0 Å². The van der Waals surface area contributed by atoms with Gasteiger partial charge in [-0.1, -0.05) is 24.3 Å². The fraction of sp³-hybridized carbons (Fsp3) is 0.280. The van der Waals surface area contributed by atoms with Gasteiger partial charge < -0.3 is 15.9 Å². The molecule has 3 aromatic rings. The Morgan fingerprint density at radius 3 is 1.43 bits per heavy atom. The van der Waals surface area contributed by atoms with Crippen LogP contribution in [0.25, 0.3) is 0 Å². The van der Waals surface area contributed by atoms with Gasteiger partial charge in [0.2, 0.25) is 0 Å². The topological polar surface area (TPSA) is 66.5 Å². The van der Waals surface area contributed by atoms with Crippen molar-refractivity contribution in [2.75, 3.05) is 5.73 Å². The first-order valence-corrected chi connectivity index (χ1v) is 9.58. The van der Waals surface area contributed by atoms with Gasteiger partial charge >= 0.3 is 0 Å². The van der Waals surface area contributed by atoms with Gasteiger partial charge in [-0.3, -0.25) is 0 Å². The highest BCUT2D eigenvalue weighted by molar-refractivity contribution is 5.59. The minimum atomic E-state index is -0.0170. The maximum Gasteiger partial charge on any atom is 0.121 e. The molecule has 0 spiro atoms. The number of benzene rings is 3. The third-order valence-electron chi connectivity index (χ3n) is 6.08. The van der Waals surface area contributed by atoms with Gasteiger partial charge in [0.15, 0.2) is 0 Å². The molecule has 0 radical (unpaired) electrons. The molecule has 0 saturated heterocycles. The van der Waals surface area contributed by atoms with Gasteiger partial charge in [0.1, 0.15) is 11.5 Å². The highest BCUT2D eigenvalue weighted by Crippen LogP contribution is 2.42. The zero-order valence-corrected chi connectivity index (χ0v) is 17.5. The number of hydrogen-bond acceptors (Lipinski definition) is 3. The van der Waals surface area contributed by atoms with Crippen molar-refractivity contribution < 1.29 is 10.2 Å². The predicted molar refractivity (Wildman–Crippen MR) is 116 cm³/mol. The number of aryl methyl sites for hydroxylation is 2. The summed E-state index contributed by atoms with van der Waals surface area (Å²) in [6.45, 7) is 11.9. The Morgan fingerprint density at radius 1 is 0.643 bits per heavy atom. The lowest BCUT2D eigenvalue weighted by molar-refractivity contribution is 0.465. The van der Waals surface area contributed by atoms with E-state index in [4.69, 9.17) is 5.73 Å². The summed E-state index contributed by atoms with van der Waals surface area (Å²) in [7, 11) is 0. The van der Waals surface area contributed by atoms with Crippen LogP contribution in [0.3, 0.4) is 0 Å². The van der Waals surface area contributed by atoms with Crippen molar-refractivity contribution in [3.63, 3.8) is 0 Å². The molecule has 3 rings (SSSR count). The second kappa shape index (κ2) is 7.23. The Kier molecular flexibility index (Phi) is 5.12. The van der Waals surface area contributed by atoms with E-state index in [9.17, 15) is 10.2 Å². The van der Waals surface area contributed by atoms with Gasteiger partial charge in [-0.15, -0.1) is 0 Å². The second-order valence-electron chi connectivity index (χ2n) is 7.86. The molecule has 3 aromatic carbocycles. The summed E-state index contributed by atoms with van der Waals surface area (Å²) < 4.78 is 0. The highest BCUT2D eigenvalue weighted by Gasteiger charge is 2.25. The molecule has 0 aliphatic heterocycles. The van der Waals surface area contributed by atoms with E-state index >= 15 is 0 Å². The van der Waals surface area contributed by atoms with Gasteiger partial charge in [-0.2, -0.15) is 0 Å². The summed E-state index contributed by atoms with van der Waals surface area (Å²) in [4.78, 5) is 0. The van der Waals surface area contributed by atoms with Gasteiger partial charge in [-0.05, 0) is 104 Å². The van der Waals surface area contributed by atoms with E-state index in [1.165, 1.54) is 0 Å². The Hall–Kier alpha value is -2.94. The van der Waals surface area contributed by atoms with E-state index < -0.39 is 0 Å². The molecule has 0 aromatic heterocycles. The summed E-state index contributed by atoms with van der Waals surface area (Å²) in [5, 5.41) is 20.8. The van der Waals surface area contributed by atoms with Crippen molar-refractivity contribution in [1.82, 2.24) is 0 Å². The first kappa shape index (κ1) is 19.8. The van der Waals surface area contributed by atoms with Crippen LogP contribution < -0.4 is 5.73 Å². The maximum absolute atomic E-state index is 10.4. The van der Waals surface area contributed by atoms with E-state index in [-0.39, 0.29) is 5.92 Å². The van der Waals surface area contributed by atoms with E-state index in [1.807, 2.05) is 39.8 Å². The molecule has 0 unspecified atom stereocenters. The Morgan fingerprint density at radius 2 is 1.04 bits per heavy atom. The maximum atomic E-state index is 10.4. The summed E-state index contributed by atoms with van der Waals surface area (Å²) in [5.74, 6) is 0.691.